The number of esters is 1. The summed E-state index contributed by atoms with van der Waals surface area (Å²) in [5, 5.41) is 11.5. The summed E-state index contributed by atoms with van der Waals surface area (Å²) in [6.07, 6.45) is 27.1. The van der Waals surface area contributed by atoms with Gasteiger partial charge in [-0.25, -0.2) is 0 Å². The fraction of sp³-hybridized carbons (Fsp3) is 0.771. The van der Waals surface area contributed by atoms with Gasteiger partial charge in [-0.05, 0) is 49.1 Å². The highest BCUT2D eigenvalue weighted by Gasteiger charge is 2.04. The molecular weight excluding hydrogens is 512 g/mol. The third kappa shape index (κ3) is 23.2. The number of amidine groups is 1. The number of unbranched alkanes of at least 4 members (excludes halogenated alkanes) is 16. The summed E-state index contributed by atoms with van der Waals surface area (Å²) in [4.78, 5) is 11.9. The van der Waals surface area contributed by atoms with Crippen molar-refractivity contribution in [2.45, 2.75) is 155 Å². The summed E-state index contributed by atoms with van der Waals surface area (Å²) >= 11 is 1.78. The predicted octanol–water partition coefficient (Wildman–Crippen LogP) is 11.1. The van der Waals surface area contributed by atoms with Gasteiger partial charge in [0.2, 0.25) is 0 Å². The van der Waals surface area contributed by atoms with Crippen molar-refractivity contribution in [2.75, 3.05) is 23.4 Å². The Morgan fingerprint density at radius 3 is 1.77 bits per heavy atom. The van der Waals surface area contributed by atoms with Crippen molar-refractivity contribution in [3.63, 3.8) is 0 Å². The first-order valence-corrected chi connectivity index (χ1v) is 18.0. The zero-order chi connectivity index (χ0) is 28.9. The quantitative estimate of drug-likeness (QED) is 0.0452. The van der Waals surface area contributed by atoms with E-state index in [1.807, 2.05) is 0 Å². The molecule has 5 heteroatoms. The lowest BCUT2D eigenvalue weighted by atomic mass is 10.0. The Labute approximate surface area is 252 Å². The lowest BCUT2D eigenvalue weighted by molar-refractivity contribution is -0.143. The number of carbonyl (C=O) groups excluding carboxylic acids is 1. The van der Waals surface area contributed by atoms with Crippen molar-refractivity contribution in [3.05, 3.63) is 29.8 Å². The summed E-state index contributed by atoms with van der Waals surface area (Å²) in [6.45, 7) is 5.10. The molecule has 40 heavy (non-hydrogen) atoms. The first-order valence-electron chi connectivity index (χ1n) is 16.8. The molecule has 0 bridgehead atoms. The SMILES string of the molecule is CCCCCCCCCCCCOC(=O)CCSCCCC(=N)Nc1ccc(CCCCCCCCCC)cc1. The molecule has 0 heterocycles. The molecule has 1 aromatic carbocycles. The fourth-order valence-electron chi connectivity index (χ4n) is 4.91. The third-order valence-corrected chi connectivity index (χ3v) is 8.57. The molecule has 0 fully saturated rings. The average Bonchev–Trinajstić information content (AvgIpc) is 2.96. The highest BCUT2D eigenvalue weighted by atomic mass is 32.2. The second-order valence-electron chi connectivity index (χ2n) is 11.4. The number of hydrogen-bond donors (Lipinski definition) is 2. The van der Waals surface area contributed by atoms with E-state index in [0.717, 1.165) is 42.9 Å². The van der Waals surface area contributed by atoms with E-state index in [4.69, 9.17) is 10.1 Å². The maximum Gasteiger partial charge on any atom is 0.306 e. The van der Waals surface area contributed by atoms with Crippen LogP contribution in [0.4, 0.5) is 5.69 Å². The molecular formula is C35H62N2O2S. The molecule has 2 N–H and O–H groups in total. The Morgan fingerprint density at radius 1 is 0.675 bits per heavy atom. The van der Waals surface area contributed by atoms with Crippen molar-refractivity contribution in [1.29, 1.82) is 5.41 Å². The van der Waals surface area contributed by atoms with Gasteiger partial charge in [0, 0.05) is 17.9 Å². The van der Waals surface area contributed by atoms with Crippen molar-refractivity contribution in [2.24, 2.45) is 0 Å². The van der Waals surface area contributed by atoms with E-state index in [9.17, 15) is 4.79 Å². The molecule has 1 rings (SSSR count). The lowest BCUT2D eigenvalue weighted by Crippen LogP contribution is -2.11. The van der Waals surface area contributed by atoms with Gasteiger partial charge in [0.1, 0.15) is 0 Å². The molecule has 0 aliphatic rings. The maximum absolute atomic E-state index is 11.9. The van der Waals surface area contributed by atoms with Crippen LogP contribution in [0.3, 0.4) is 0 Å². The third-order valence-electron chi connectivity index (χ3n) is 7.50. The minimum atomic E-state index is -0.0660. The van der Waals surface area contributed by atoms with Crippen LogP contribution in [0.2, 0.25) is 0 Å². The van der Waals surface area contributed by atoms with Crippen LogP contribution >= 0.6 is 11.8 Å². The molecule has 0 unspecified atom stereocenters. The number of rotatable bonds is 28. The Balaban J connectivity index is 1.93. The standard InChI is InChI=1S/C35H62N2O2S/c1-3-5-7-9-11-13-14-16-18-20-29-39-35(38)28-31-40-30-21-23-34(36)37-33-26-24-32(25-27-33)22-19-17-15-12-10-8-6-4-2/h24-27H,3-23,28-31H2,1-2H3,(H2,36,37). The summed E-state index contributed by atoms with van der Waals surface area (Å²) in [5.74, 6) is 2.27. The van der Waals surface area contributed by atoms with E-state index < -0.39 is 0 Å². The Bertz CT molecular complexity index is 723. The smallest absolute Gasteiger partial charge is 0.306 e. The number of hydrogen-bond acceptors (Lipinski definition) is 4. The molecule has 0 aromatic heterocycles. The number of ether oxygens (including phenoxy) is 1. The summed E-state index contributed by atoms with van der Waals surface area (Å²) < 4.78 is 5.39. The monoisotopic (exact) mass is 574 g/mol. The van der Waals surface area contributed by atoms with Gasteiger partial charge in [0.25, 0.3) is 0 Å². The van der Waals surface area contributed by atoms with Crippen LogP contribution < -0.4 is 5.32 Å². The molecule has 0 aliphatic heterocycles. The number of anilines is 1. The van der Waals surface area contributed by atoms with Crippen molar-refractivity contribution in [3.8, 4) is 0 Å². The summed E-state index contributed by atoms with van der Waals surface area (Å²) in [7, 11) is 0. The molecule has 0 saturated heterocycles. The summed E-state index contributed by atoms with van der Waals surface area (Å²) in [5.41, 5.74) is 2.39. The molecule has 0 spiro atoms. The van der Waals surface area contributed by atoms with Crippen molar-refractivity contribution in [1.82, 2.24) is 0 Å². The highest BCUT2D eigenvalue weighted by Crippen LogP contribution is 2.15. The van der Waals surface area contributed by atoms with Crippen LogP contribution in [0.15, 0.2) is 24.3 Å². The number of benzene rings is 1. The maximum atomic E-state index is 11.9. The van der Waals surface area contributed by atoms with Gasteiger partial charge in [0.05, 0.1) is 18.9 Å². The van der Waals surface area contributed by atoms with Crippen LogP contribution in [0, 0.1) is 5.41 Å². The Hall–Kier alpha value is -1.49. The van der Waals surface area contributed by atoms with E-state index in [-0.39, 0.29) is 5.97 Å². The Kier molecular flexibility index (Phi) is 25.3. The molecule has 0 radical (unpaired) electrons. The average molecular weight is 575 g/mol. The first-order chi connectivity index (χ1) is 19.7. The molecule has 0 amide bonds. The fourth-order valence-corrected chi connectivity index (χ4v) is 5.77. The van der Waals surface area contributed by atoms with Crippen molar-refractivity contribution < 1.29 is 9.53 Å². The molecule has 0 saturated carbocycles. The van der Waals surface area contributed by atoms with Crippen LogP contribution in [-0.2, 0) is 16.0 Å². The van der Waals surface area contributed by atoms with Crippen LogP contribution in [0.25, 0.3) is 0 Å². The zero-order valence-corrected chi connectivity index (χ0v) is 27.0. The van der Waals surface area contributed by atoms with E-state index in [1.165, 1.54) is 115 Å². The van der Waals surface area contributed by atoms with Crippen LogP contribution in [0.1, 0.15) is 154 Å². The molecule has 0 atom stereocenters. The highest BCUT2D eigenvalue weighted by molar-refractivity contribution is 7.99. The van der Waals surface area contributed by atoms with Crippen LogP contribution in [-0.4, -0.2) is 29.9 Å². The molecule has 0 aliphatic carbocycles. The van der Waals surface area contributed by atoms with E-state index in [2.05, 4.69) is 43.4 Å². The predicted molar refractivity (Wildman–Crippen MR) is 178 cm³/mol. The second-order valence-corrected chi connectivity index (χ2v) is 12.6. The van der Waals surface area contributed by atoms with Gasteiger partial charge in [-0.2, -0.15) is 11.8 Å². The number of aryl methyl sites for hydroxylation is 1. The van der Waals surface area contributed by atoms with Crippen molar-refractivity contribution >= 4 is 29.3 Å². The van der Waals surface area contributed by atoms with Crippen LogP contribution in [0.5, 0.6) is 0 Å². The van der Waals surface area contributed by atoms with Gasteiger partial charge in [-0.3, -0.25) is 10.2 Å². The second kappa shape index (κ2) is 27.7. The van der Waals surface area contributed by atoms with Gasteiger partial charge in [0.15, 0.2) is 0 Å². The lowest BCUT2D eigenvalue weighted by Gasteiger charge is -2.09. The zero-order valence-electron chi connectivity index (χ0n) is 26.2. The van der Waals surface area contributed by atoms with Gasteiger partial charge < -0.3 is 10.1 Å². The molecule has 4 nitrogen and oxygen atoms in total. The first kappa shape index (κ1) is 36.5. The van der Waals surface area contributed by atoms with E-state index >= 15 is 0 Å². The summed E-state index contributed by atoms with van der Waals surface area (Å²) in [6, 6.07) is 8.60. The number of carbonyl (C=O) groups is 1. The minimum Gasteiger partial charge on any atom is -0.466 e. The van der Waals surface area contributed by atoms with E-state index in [0.29, 0.717) is 18.9 Å². The van der Waals surface area contributed by atoms with Gasteiger partial charge in [-0.1, -0.05) is 129 Å². The number of thioether (sulfide) groups is 1. The minimum absolute atomic E-state index is 0.0660. The molecule has 230 valence electrons. The largest absolute Gasteiger partial charge is 0.466 e. The van der Waals surface area contributed by atoms with Gasteiger partial charge >= 0.3 is 5.97 Å². The topological polar surface area (TPSA) is 62.2 Å². The normalized spacial score (nSPS) is 11.1. The van der Waals surface area contributed by atoms with Gasteiger partial charge in [-0.15, -0.1) is 0 Å². The Morgan fingerprint density at radius 2 is 1.20 bits per heavy atom. The number of nitrogens with one attached hydrogen (secondary N) is 2. The van der Waals surface area contributed by atoms with E-state index in [1.54, 1.807) is 11.8 Å². The molecule has 1 aromatic rings.